The second-order valence-corrected chi connectivity index (χ2v) is 6.78. The molecular weight excluding hydrogens is 361 g/mol. The van der Waals surface area contributed by atoms with Gasteiger partial charge in [-0.05, 0) is 36.8 Å². The minimum absolute atomic E-state index is 0.225. The summed E-state index contributed by atoms with van der Waals surface area (Å²) in [6.45, 7) is 2.02. The van der Waals surface area contributed by atoms with E-state index in [1.807, 2.05) is 0 Å². The molecule has 0 bridgehead atoms. The number of pyridine rings is 1. The van der Waals surface area contributed by atoms with Gasteiger partial charge in [-0.3, -0.25) is 4.79 Å². The molecule has 1 unspecified atom stereocenters. The molecule has 0 spiro atoms. The van der Waals surface area contributed by atoms with Crippen molar-refractivity contribution in [2.75, 3.05) is 0 Å². The number of carbonyl (C=O) groups is 1. The number of amides is 1. The zero-order valence-electron chi connectivity index (χ0n) is 12.6. The molecule has 2 aromatic rings. The maximum Gasteiger partial charge on any atom is 0.417 e. The zero-order valence-corrected chi connectivity index (χ0v) is 14.2. The lowest BCUT2D eigenvalue weighted by Crippen LogP contribution is -2.30. The first-order chi connectivity index (χ1) is 11.3. The largest absolute Gasteiger partial charge is 0.417 e. The summed E-state index contributed by atoms with van der Waals surface area (Å²) in [6.07, 6.45) is -3.65. The Kier molecular flexibility index (Phi) is 6.12. The number of carbonyl (C=O) groups excluding carboxylic acids is 1. The van der Waals surface area contributed by atoms with Crippen LogP contribution in [0, 0.1) is 0 Å². The normalized spacial score (nSPS) is 12.7. The van der Waals surface area contributed by atoms with Gasteiger partial charge in [0.25, 0.3) is 0 Å². The molecule has 2 rings (SSSR count). The number of hydrogen-bond acceptors (Lipinski definition) is 3. The van der Waals surface area contributed by atoms with Crippen LogP contribution in [0.15, 0.2) is 47.6 Å². The Morgan fingerprint density at radius 3 is 2.46 bits per heavy atom. The number of benzene rings is 1. The monoisotopic (exact) mass is 374 g/mol. The Labute approximate surface area is 146 Å². The SMILES string of the molecule is CC(Sc1ccc(C(F)(F)F)cn1)C(=O)NCc1ccc(Cl)cc1. The predicted molar refractivity (Wildman–Crippen MR) is 87.9 cm³/mol. The number of nitrogens with one attached hydrogen (secondary N) is 1. The Morgan fingerprint density at radius 1 is 1.25 bits per heavy atom. The molecule has 1 aromatic carbocycles. The maximum atomic E-state index is 12.5. The lowest BCUT2D eigenvalue weighted by atomic mass is 10.2. The van der Waals surface area contributed by atoms with Crippen molar-refractivity contribution in [3.63, 3.8) is 0 Å². The molecule has 1 amide bonds. The van der Waals surface area contributed by atoms with Gasteiger partial charge in [0.2, 0.25) is 5.91 Å². The highest BCUT2D eigenvalue weighted by Gasteiger charge is 2.30. The van der Waals surface area contributed by atoms with Crippen molar-refractivity contribution in [1.82, 2.24) is 10.3 Å². The van der Waals surface area contributed by atoms with E-state index in [0.717, 1.165) is 29.6 Å². The minimum atomic E-state index is -4.42. The van der Waals surface area contributed by atoms with Crippen LogP contribution in [0.2, 0.25) is 5.02 Å². The third-order valence-electron chi connectivity index (χ3n) is 3.11. The summed E-state index contributed by atoms with van der Waals surface area (Å²) >= 11 is 6.88. The van der Waals surface area contributed by atoms with Crippen LogP contribution in [0.3, 0.4) is 0 Å². The molecule has 1 aromatic heterocycles. The highest BCUT2D eigenvalue weighted by molar-refractivity contribution is 8.00. The Balaban J connectivity index is 1.88. The Bertz CT molecular complexity index is 690. The number of hydrogen-bond donors (Lipinski definition) is 1. The van der Waals surface area contributed by atoms with E-state index in [4.69, 9.17) is 11.6 Å². The van der Waals surface area contributed by atoms with Gasteiger partial charge in [0, 0.05) is 17.8 Å². The third-order valence-corrected chi connectivity index (χ3v) is 4.41. The van der Waals surface area contributed by atoms with E-state index in [0.29, 0.717) is 16.6 Å². The molecule has 0 aliphatic carbocycles. The van der Waals surface area contributed by atoms with Crippen LogP contribution in [0.5, 0.6) is 0 Å². The molecule has 0 fully saturated rings. The number of nitrogens with zero attached hydrogens (tertiary/aromatic N) is 1. The second-order valence-electron chi connectivity index (χ2n) is 4.99. The van der Waals surface area contributed by atoms with Gasteiger partial charge in [0.05, 0.1) is 15.8 Å². The van der Waals surface area contributed by atoms with E-state index in [1.165, 1.54) is 6.07 Å². The summed E-state index contributed by atoms with van der Waals surface area (Å²) in [4.78, 5) is 15.8. The fraction of sp³-hybridized carbons (Fsp3) is 0.250. The maximum absolute atomic E-state index is 12.5. The number of thioether (sulfide) groups is 1. The van der Waals surface area contributed by atoms with E-state index in [-0.39, 0.29) is 5.91 Å². The van der Waals surface area contributed by atoms with Crippen molar-refractivity contribution in [3.8, 4) is 0 Å². The molecule has 3 nitrogen and oxygen atoms in total. The average Bonchev–Trinajstić information content (AvgIpc) is 2.53. The lowest BCUT2D eigenvalue weighted by Gasteiger charge is -2.12. The third kappa shape index (κ3) is 5.42. The van der Waals surface area contributed by atoms with Gasteiger partial charge < -0.3 is 5.32 Å². The molecule has 0 saturated heterocycles. The molecule has 128 valence electrons. The highest BCUT2D eigenvalue weighted by atomic mass is 35.5. The molecule has 1 atom stereocenters. The van der Waals surface area contributed by atoms with Crippen molar-refractivity contribution in [3.05, 3.63) is 58.7 Å². The topological polar surface area (TPSA) is 42.0 Å². The van der Waals surface area contributed by atoms with Crippen molar-refractivity contribution >= 4 is 29.3 Å². The summed E-state index contributed by atoms with van der Waals surface area (Å²) < 4.78 is 37.4. The van der Waals surface area contributed by atoms with Crippen molar-refractivity contribution in [2.45, 2.75) is 29.9 Å². The van der Waals surface area contributed by atoms with Crippen LogP contribution >= 0.6 is 23.4 Å². The van der Waals surface area contributed by atoms with Gasteiger partial charge in [0.15, 0.2) is 0 Å². The summed E-state index contributed by atoms with van der Waals surface area (Å²) in [6, 6.07) is 9.28. The van der Waals surface area contributed by atoms with Crippen molar-refractivity contribution < 1.29 is 18.0 Å². The van der Waals surface area contributed by atoms with Gasteiger partial charge in [-0.1, -0.05) is 35.5 Å². The van der Waals surface area contributed by atoms with Gasteiger partial charge in [-0.15, -0.1) is 0 Å². The van der Waals surface area contributed by atoms with Gasteiger partial charge in [0.1, 0.15) is 0 Å². The van der Waals surface area contributed by atoms with Crippen molar-refractivity contribution in [1.29, 1.82) is 0 Å². The first-order valence-electron chi connectivity index (χ1n) is 6.98. The number of halogens is 4. The average molecular weight is 375 g/mol. The van der Waals surface area contributed by atoms with Crippen LogP contribution in [-0.4, -0.2) is 16.1 Å². The van der Waals surface area contributed by atoms with Gasteiger partial charge >= 0.3 is 6.18 Å². The standard InChI is InChI=1S/C16H14ClF3N2OS/c1-10(15(23)22-8-11-2-5-13(17)6-3-11)24-14-7-4-12(9-21-14)16(18,19)20/h2-7,9-10H,8H2,1H3,(H,22,23). The van der Waals surface area contributed by atoms with E-state index < -0.39 is 17.0 Å². The van der Waals surface area contributed by atoms with E-state index in [1.54, 1.807) is 31.2 Å². The van der Waals surface area contributed by atoms with Crippen LogP contribution < -0.4 is 5.32 Å². The smallest absolute Gasteiger partial charge is 0.351 e. The molecule has 24 heavy (non-hydrogen) atoms. The fourth-order valence-corrected chi connectivity index (χ4v) is 2.73. The van der Waals surface area contributed by atoms with Crippen LogP contribution in [0.4, 0.5) is 13.2 Å². The molecule has 8 heteroatoms. The molecule has 0 aliphatic heterocycles. The molecule has 0 saturated carbocycles. The number of rotatable bonds is 5. The van der Waals surface area contributed by atoms with E-state index in [9.17, 15) is 18.0 Å². The van der Waals surface area contributed by atoms with Crippen molar-refractivity contribution in [2.24, 2.45) is 0 Å². The van der Waals surface area contributed by atoms with Crippen LogP contribution in [0.25, 0.3) is 0 Å². The number of aromatic nitrogens is 1. The first kappa shape index (κ1) is 18.6. The molecule has 1 heterocycles. The fourth-order valence-electron chi connectivity index (χ4n) is 1.79. The zero-order chi connectivity index (χ0) is 17.7. The van der Waals surface area contributed by atoms with Crippen LogP contribution in [-0.2, 0) is 17.5 Å². The van der Waals surface area contributed by atoms with Gasteiger partial charge in [-0.2, -0.15) is 13.2 Å². The summed E-state index contributed by atoms with van der Waals surface area (Å²) in [5.74, 6) is -0.225. The highest BCUT2D eigenvalue weighted by Crippen LogP contribution is 2.30. The Hall–Kier alpha value is -1.73. The van der Waals surface area contributed by atoms with Gasteiger partial charge in [-0.25, -0.2) is 4.98 Å². The molecule has 1 N–H and O–H groups in total. The summed E-state index contributed by atoms with van der Waals surface area (Å²) in [5.41, 5.74) is 0.0873. The molecular formula is C16H14ClF3N2OS. The second kappa shape index (κ2) is 7.90. The van der Waals surface area contributed by atoms with Crippen LogP contribution in [0.1, 0.15) is 18.1 Å². The molecule has 0 radical (unpaired) electrons. The van der Waals surface area contributed by atoms with E-state index >= 15 is 0 Å². The number of alkyl halides is 3. The Morgan fingerprint density at radius 2 is 1.92 bits per heavy atom. The van der Waals surface area contributed by atoms with E-state index in [2.05, 4.69) is 10.3 Å². The predicted octanol–water partition coefficient (Wildman–Crippen LogP) is 4.55. The molecule has 0 aliphatic rings. The quantitative estimate of drug-likeness (QED) is 0.780. The summed E-state index contributed by atoms with van der Waals surface area (Å²) in [7, 11) is 0. The first-order valence-corrected chi connectivity index (χ1v) is 8.23. The minimum Gasteiger partial charge on any atom is -0.351 e. The summed E-state index contributed by atoms with van der Waals surface area (Å²) in [5, 5.41) is 3.25. The lowest BCUT2D eigenvalue weighted by molar-refractivity contribution is -0.137.